The van der Waals surface area contributed by atoms with Gasteiger partial charge in [-0.1, -0.05) is 52.3 Å². The third-order valence-electron chi connectivity index (χ3n) is 16.2. The normalized spacial score (nSPS) is 40.0. The molecule has 1 aromatic carbocycles. The quantitative estimate of drug-likeness (QED) is 0.254. The molecule has 0 saturated heterocycles. The van der Waals surface area contributed by atoms with Crippen LogP contribution >= 0.6 is 0 Å². The monoisotopic (exact) mass is 697 g/mol. The van der Waals surface area contributed by atoms with Crippen LogP contribution in [0.25, 0.3) is 0 Å². The maximum Gasteiger partial charge on any atom is 0.306 e. The number of carboxylic acids is 1. The minimum Gasteiger partial charge on any atom is -0.497 e. The summed E-state index contributed by atoms with van der Waals surface area (Å²) in [7, 11) is 1.64. The van der Waals surface area contributed by atoms with Crippen LogP contribution < -0.4 is 10.1 Å². The van der Waals surface area contributed by atoms with E-state index in [-0.39, 0.29) is 29.1 Å². The number of fused-ring (bicyclic) bond motifs is 7. The third kappa shape index (κ3) is 6.12. The molecule has 0 radical (unpaired) electrons. The van der Waals surface area contributed by atoms with Gasteiger partial charge < -0.3 is 15.2 Å². The predicted octanol–water partition coefficient (Wildman–Crippen LogP) is 9.54. The number of carboxylic acid groups (broad SMARTS) is 1. The number of carbonyl (C=O) groups is 3. The van der Waals surface area contributed by atoms with Crippen LogP contribution in [-0.4, -0.2) is 36.4 Å². The zero-order valence-corrected chi connectivity index (χ0v) is 32.1. The number of aliphatic carboxylic acids is 1. The lowest BCUT2D eigenvalue weighted by atomic mass is 9.42. The third-order valence-corrected chi connectivity index (χ3v) is 16.2. The zero-order valence-electron chi connectivity index (χ0n) is 32.1. The number of Topliss-reactive ketones (excluding diaryl/α,β-unsaturated/α-hetero) is 1. The zero-order chi connectivity index (χ0) is 36.4. The highest BCUT2D eigenvalue weighted by molar-refractivity contribution is 5.94. The Kier molecular flexibility index (Phi) is 9.89. The molecule has 51 heavy (non-hydrogen) atoms. The summed E-state index contributed by atoms with van der Waals surface area (Å²) in [5, 5.41) is 12.7. The fourth-order valence-corrected chi connectivity index (χ4v) is 13.6. The maximum absolute atomic E-state index is 13.4. The Balaban J connectivity index is 1.04. The van der Waals surface area contributed by atoms with Crippen molar-refractivity contribution >= 4 is 17.7 Å². The number of amides is 1. The SMILES string of the molecule is C=C1CC2(CCNC(=O)c3ccc(OC)cc3)CCC3C(CCC4C3CCC3C(C)C(CC(=O)C5CC(C(=O)O)C5C)CCC34C)C2=C1C(C)C. The first-order chi connectivity index (χ1) is 24.3. The van der Waals surface area contributed by atoms with Gasteiger partial charge in [0.2, 0.25) is 0 Å². The van der Waals surface area contributed by atoms with E-state index < -0.39 is 5.97 Å². The van der Waals surface area contributed by atoms with E-state index in [0.717, 1.165) is 42.8 Å². The van der Waals surface area contributed by atoms with Gasteiger partial charge in [-0.25, -0.2) is 0 Å². The summed E-state index contributed by atoms with van der Waals surface area (Å²) in [5.74, 6) is 4.87. The van der Waals surface area contributed by atoms with Crippen LogP contribution in [-0.2, 0) is 9.59 Å². The largest absolute Gasteiger partial charge is 0.497 e. The van der Waals surface area contributed by atoms with Gasteiger partial charge in [0.05, 0.1) is 13.0 Å². The van der Waals surface area contributed by atoms with Crippen molar-refractivity contribution in [3.8, 4) is 5.75 Å². The summed E-state index contributed by atoms with van der Waals surface area (Å²) in [5.41, 5.74) is 5.75. The lowest BCUT2D eigenvalue weighted by molar-refractivity contribution is -0.154. The Hall–Kier alpha value is -2.89. The Morgan fingerprint density at radius 2 is 1.67 bits per heavy atom. The van der Waals surface area contributed by atoms with E-state index in [1.165, 1.54) is 50.5 Å². The number of benzene rings is 1. The van der Waals surface area contributed by atoms with Crippen molar-refractivity contribution in [1.29, 1.82) is 0 Å². The number of ether oxygens (including phenoxy) is 1. The van der Waals surface area contributed by atoms with E-state index in [2.05, 4.69) is 39.6 Å². The van der Waals surface area contributed by atoms with Crippen molar-refractivity contribution in [1.82, 2.24) is 5.32 Å². The fourth-order valence-electron chi connectivity index (χ4n) is 13.6. The highest BCUT2D eigenvalue weighted by Crippen LogP contribution is 2.69. The minimum atomic E-state index is -0.743. The molecule has 0 aliphatic heterocycles. The minimum absolute atomic E-state index is 0.0163. The van der Waals surface area contributed by atoms with Crippen LogP contribution in [0.2, 0.25) is 0 Å². The summed E-state index contributed by atoms with van der Waals surface area (Å²) in [6.45, 7) is 17.1. The summed E-state index contributed by atoms with van der Waals surface area (Å²) >= 11 is 0. The van der Waals surface area contributed by atoms with E-state index in [9.17, 15) is 19.5 Å². The first-order valence-electron chi connectivity index (χ1n) is 20.4. The molecule has 0 aromatic heterocycles. The second kappa shape index (κ2) is 13.8. The average molecular weight is 698 g/mol. The van der Waals surface area contributed by atoms with Crippen molar-refractivity contribution in [2.24, 2.45) is 75.9 Å². The molecule has 0 spiro atoms. The van der Waals surface area contributed by atoms with E-state index in [1.54, 1.807) is 18.3 Å². The molecule has 278 valence electrons. The molecule has 0 heterocycles. The Morgan fingerprint density at radius 3 is 2.33 bits per heavy atom. The lowest BCUT2D eigenvalue weighted by Crippen LogP contribution is -2.55. The molecular formula is C45H63NO5. The van der Waals surface area contributed by atoms with Crippen LogP contribution in [0.1, 0.15) is 122 Å². The molecule has 0 bridgehead atoms. The molecule has 6 heteroatoms. The number of allylic oxidation sites excluding steroid dienone is 3. The van der Waals surface area contributed by atoms with E-state index in [1.807, 2.05) is 31.2 Å². The first-order valence-corrected chi connectivity index (χ1v) is 20.4. The summed E-state index contributed by atoms with van der Waals surface area (Å²) in [6, 6.07) is 7.37. The van der Waals surface area contributed by atoms with Gasteiger partial charge in [-0.05, 0) is 165 Å². The number of carbonyl (C=O) groups excluding carboxylic acids is 2. The summed E-state index contributed by atoms with van der Waals surface area (Å²) in [6.07, 6.45) is 13.2. The molecule has 1 amide bonds. The number of ketones is 1. The molecule has 5 fully saturated rings. The molecule has 6 aliphatic rings. The van der Waals surface area contributed by atoms with Crippen LogP contribution in [0.4, 0.5) is 0 Å². The Morgan fingerprint density at radius 1 is 0.941 bits per heavy atom. The molecule has 6 aliphatic carbocycles. The second-order valence-electron chi connectivity index (χ2n) is 18.6. The van der Waals surface area contributed by atoms with Gasteiger partial charge in [0.15, 0.2) is 0 Å². The smallest absolute Gasteiger partial charge is 0.306 e. The first kappa shape index (κ1) is 36.5. The van der Waals surface area contributed by atoms with Gasteiger partial charge in [-0.2, -0.15) is 0 Å². The van der Waals surface area contributed by atoms with Crippen molar-refractivity contribution < 1.29 is 24.2 Å². The van der Waals surface area contributed by atoms with Crippen LogP contribution in [0.15, 0.2) is 47.6 Å². The molecule has 2 N–H and O–H groups in total. The fraction of sp³-hybridized carbons (Fsp3) is 0.711. The standard InChI is InChI=1S/C45H63NO5/c1-25(2)40-26(3)24-45(20-21-46-42(48)29-8-10-31(51-7)11-9-29)19-17-32-33-12-14-37-27(4)30(22-39(47)35-23-36(28(35)5)43(49)50)16-18-44(37,6)38(33)15-13-34(32)41(40)45/h8-11,25,27-28,30,32-38H,3,12-24H2,1-2,4-7H3,(H,46,48)(H,49,50). The van der Waals surface area contributed by atoms with Crippen molar-refractivity contribution in [2.45, 2.75) is 112 Å². The lowest BCUT2D eigenvalue weighted by Gasteiger charge is -2.63. The molecule has 7 rings (SSSR count). The number of hydrogen-bond donors (Lipinski definition) is 2. The van der Waals surface area contributed by atoms with Crippen molar-refractivity contribution in [2.75, 3.05) is 13.7 Å². The molecule has 12 unspecified atom stereocenters. The van der Waals surface area contributed by atoms with Gasteiger partial charge in [0.25, 0.3) is 5.91 Å². The van der Waals surface area contributed by atoms with Gasteiger partial charge in [0, 0.05) is 24.4 Å². The van der Waals surface area contributed by atoms with E-state index in [0.29, 0.717) is 65.7 Å². The van der Waals surface area contributed by atoms with Gasteiger partial charge >= 0.3 is 5.97 Å². The van der Waals surface area contributed by atoms with Gasteiger partial charge in [-0.3, -0.25) is 14.4 Å². The molecule has 5 saturated carbocycles. The highest BCUT2D eigenvalue weighted by atomic mass is 16.5. The molecule has 1 aromatic rings. The highest BCUT2D eigenvalue weighted by Gasteiger charge is 2.60. The topological polar surface area (TPSA) is 92.7 Å². The van der Waals surface area contributed by atoms with Crippen molar-refractivity contribution in [3.63, 3.8) is 0 Å². The predicted molar refractivity (Wildman–Crippen MR) is 201 cm³/mol. The van der Waals surface area contributed by atoms with E-state index in [4.69, 9.17) is 4.74 Å². The molecule has 6 nitrogen and oxygen atoms in total. The second-order valence-corrected chi connectivity index (χ2v) is 18.6. The number of hydrogen-bond acceptors (Lipinski definition) is 4. The molecule has 12 atom stereocenters. The number of rotatable bonds is 10. The number of nitrogens with one attached hydrogen (secondary N) is 1. The van der Waals surface area contributed by atoms with Crippen LogP contribution in [0.5, 0.6) is 5.75 Å². The Labute approximate surface area is 306 Å². The van der Waals surface area contributed by atoms with Gasteiger partial charge in [-0.15, -0.1) is 0 Å². The van der Waals surface area contributed by atoms with Crippen LogP contribution in [0.3, 0.4) is 0 Å². The molecular weight excluding hydrogens is 634 g/mol. The summed E-state index contributed by atoms with van der Waals surface area (Å²) < 4.78 is 5.28. The van der Waals surface area contributed by atoms with E-state index >= 15 is 0 Å². The Bertz CT molecular complexity index is 1570. The maximum atomic E-state index is 13.4. The van der Waals surface area contributed by atoms with Crippen molar-refractivity contribution in [3.05, 3.63) is 53.1 Å². The van der Waals surface area contributed by atoms with Crippen LogP contribution in [0, 0.1) is 75.9 Å². The summed E-state index contributed by atoms with van der Waals surface area (Å²) in [4.78, 5) is 38.0. The average Bonchev–Trinajstić information content (AvgIpc) is 3.40. The number of methoxy groups -OCH3 is 1. The van der Waals surface area contributed by atoms with Gasteiger partial charge in [0.1, 0.15) is 11.5 Å².